The lowest BCUT2D eigenvalue weighted by molar-refractivity contribution is 0.800. The van der Waals surface area contributed by atoms with E-state index in [9.17, 15) is 0 Å². The van der Waals surface area contributed by atoms with E-state index in [0.29, 0.717) is 0 Å². The lowest BCUT2D eigenvalue weighted by Gasteiger charge is -2.32. The van der Waals surface area contributed by atoms with Crippen LogP contribution in [0.15, 0.2) is 17.0 Å². The number of fused-ring (bicyclic) bond motifs is 1. The molecule has 0 aliphatic carbocycles. The Morgan fingerprint density at radius 2 is 2.20 bits per heavy atom. The second-order valence-corrected chi connectivity index (χ2v) is 5.19. The fourth-order valence-corrected chi connectivity index (χ4v) is 3.42. The van der Waals surface area contributed by atoms with Crippen molar-refractivity contribution in [3.8, 4) is 0 Å². The van der Waals surface area contributed by atoms with E-state index < -0.39 is 0 Å². The molecular weight excluding hydrogens is 204 g/mol. The largest absolute Gasteiger partial charge is 0.368 e. The number of hydrogen-bond acceptors (Lipinski definition) is 3. The maximum atomic E-state index is 5.65. The van der Waals surface area contributed by atoms with E-state index in [-0.39, 0.29) is 0 Å². The van der Waals surface area contributed by atoms with Gasteiger partial charge in [0.2, 0.25) is 0 Å². The Morgan fingerprint density at radius 1 is 1.40 bits per heavy atom. The Labute approximate surface area is 95.8 Å². The Hall–Kier alpha value is -0.670. The monoisotopic (exact) mass is 222 g/mol. The molecule has 0 bridgehead atoms. The molecule has 0 saturated heterocycles. The van der Waals surface area contributed by atoms with Crippen LogP contribution in [0.5, 0.6) is 0 Å². The first-order valence-electron chi connectivity index (χ1n) is 5.41. The molecule has 1 aromatic carbocycles. The summed E-state index contributed by atoms with van der Waals surface area (Å²) in [4.78, 5) is 3.84. The third-order valence-corrected chi connectivity index (χ3v) is 3.75. The van der Waals surface area contributed by atoms with Gasteiger partial charge in [-0.25, -0.2) is 0 Å². The number of thioether (sulfide) groups is 1. The first-order valence-corrected chi connectivity index (χ1v) is 6.40. The second-order valence-electron chi connectivity index (χ2n) is 4.05. The summed E-state index contributed by atoms with van der Waals surface area (Å²) >= 11 is 1.96. The van der Waals surface area contributed by atoms with E-state index in [1.54, 1.807) is 0 Å². The summed E-state index contributed by atoms with van der Waals surface area (Å²) < 4.78 is 0. The van der Waals surface area contributed by atoms with E-state index in [0.717, 1.165) is 19.6 Å². The minimum atomic E-state index is 0.734. The summed E-state index contributed by atoms with van der Waals surface area (Å²) in [5.74, 6) is 1.18. The van der Waals surface area contributed by atoms with Crippen LogP contribution in [0, 0.1) is 13.8 Å². The van der Waals surface area contributed by atoms with Crippen molar-refractivity contribution in [2.45, 2.75) is 18.7 Å². The van der Waals surface area contributed by atoms with Crippen LogP contribution in [0.1, 0.15) is 11.1 Å². The predicted octanol–water partition coefficient (Wildman–Crippen LogP) is 2.17. The third kappa shape index (κ3) is 2.13. The highest BCUT2D eigenvalue weighted by atomic mass is 32.2. The van der Waals surface area contributed by atoms with Crippen LogP contribution < -0.4 is 10.6 Å². The summed E-state index contributed by atoms with van der Waals surface area (Å²) in [6.07, 6.45) is 0. The molecule has 1 aromatic rings. The van der Waals surface area contributed by atoms with Gasteiger partial charge in [-0.2, -0.15) is 0 Å². The molecule has 2 N–H and O–H groups in total. The van der Waals surface area contributed by atoms with Crippen molar-refractivity contribution in [3.63, 3.8) is 0 Å². The molecule has 0 saturated carbocycles. The Morgan fingerprint density at radius 3 is 2.93 bits per heavy atom. The SMILES string of the molecule is Cc1cc(C)c2c(c1)SCCN2CCN. The van der Waals surface area contributed by atoms with Crippen LogP contribution >= 0.6 is 11.8 Å². The minimum Gasteiger partial charge on any atom is -0.368 e. The molecule has 0 radical (unpaired) electrons. The molecule has 15 heavy (non-hydrogen) atoms. The zero-order valence-corrected chi connectivity index (χ0v) is 10.2. The minimum absolute atomic E-state index is 0.734. The van der Waals surface area contributed by atoms with Crippen LogP contribution in [0.25, 0.3) is 0 Å². The molecule has 2 nitrogen and oxygen atoms in total. The maximum Gasteiger partial charge on any atom is 0.0535 e. The summed E-state index contributed by atoms with van der Waals surface area (Å²) in [5, 5.41) is 0. The highest BCUT2D eigenvalue weighted by molar-refractivity contribution is 7.99. The summed E-state index contributed by atoms with van der Waals surface area (Å²) in [6, 6.07) is 4.55. The molecule has 1 aliphatic rings. The topological polar surface area (TPSA) is 29.3 Å². The molecule has 0 atom stereocenters. The van der Waals surface area contributed by atoms with Gasteiger partial charge in [0.05, 0.1) is 5.69 Å². The average Bonchev–Trinajstić information content (AvgIpc) is 2.17. The highest BCUT2D eigenvalue weighted by Gasteiger charge is 2.18. The van der Waals surface area contributed by atoms with Crippen molar-refractivity contribution in [1.82, 2.24) is 0 Å². The molecule has 0 spiro atoms. The zero-order valence-electron chi connectivity index (χ0n) is 9.42. The molecule has 3 heteroatoms. The van der Waals surface area contributed by atoms with Crippen molar-refractivity contribution in [3.05, 3.63) is 23.3 Å². The lowest BCUT2D eigenvalue weighted by Crippen LogP contribution is -2.34. The molecular formula is C12H18N2S. The zero-order chi connectivity index (χ0) is 10.8. The summed E-state index contributed by atoms with van der Waals surface area (Å²) in [6.45, 7) is 7.19. The smallest absolute Gasteiger partial charge is 0.0535 e. The van der Waals surface area contributed by atoms with Crippen LogP contribution in [0.3, 0.4) is 0 Å². The van der Waals surface area contributed by atoms with Gasteiger partial charge in [0.15, 0.2) is 0 Å². The van der Waals surface area contributed by atoms with Crippen molar-refractivity contribution in [1.29, 1.82) is 0 Å². The summed E-state index contributed by atoms with van der Waals surface area (Å²) in [5.41, 5.74) is 9.79. The van der Waals surface area contributed by atoms with Crippen molar-refractivity contribution < 1.29 is 0 Å². The van der Waals surface area contributed by atoms with Gasteiger partial charge in [0, 0.05) is 30.3 Å². The molecule has 82 valence electrons. The molecule has 1 aliphatic heterocycles. The number of nitrogens with zero attached hydrogens (tertiary/aromatic N) is 1. The number of hydrogen-bond donors (Lipinski definition) is 1. The van der Waals surface area contributed by atoms with Gasteiger partial charge in [0.25, 0.3) is 0 Å². The molecule has 0 aromatic heterocycles. The lowest BCUT2D eigenvalue weighted by atomic mass is 10.1. The maximum absolute atomic E-state index is 5.65. The quantitative estimate of drug-likeness (QED) is 0.831. The van der Waals surface area contributed by atoms with E-state index in [2.05, 4.69) is 30.9 Å². The normalized spacial score (nSPS) is 15.3. The van der Waals surface area contributed by atoms with Gasteiger partial charge in [-0.15, -0.1) is 11.8 Å². The molecule has 0 amide bonds. The highest BCUT2D eigenvalue weighted by Crippen LogP contribution is 2.37. The standard InChI is InChI=1S/C12H18N2S/c1-9-7-10(2)12-11(8-9)15-6-5-14(12)4-3-13/h7-8H,3-6,13H2,1-2H3. The Bertz CT molecular complexity index is 363. The first-order chi connectivity index (χ1) is 7.22. The molecule has 1 heterocycles. The fourth-order valence-electron chi connectivity index (χ4n) is 2.19. The van der Waals surface area contributed by atoms with Crippen LogP contribution in [-0.2, 0) is 0 Å². The summed E-state index contributed by atoms with van der Waals surface area (Å²) in [7, 11) is 0. The molecule has 2 rings (SSSR count). The van der Waals surface area contributed by atoms with E-state index in [1.165, 1.54) is 27.5 Å². The van der Waals surface area contributed by atoms with Crippen LogP contribution in [-0.4, -0.2) is 25.4 Å². The van der Waals surface area contributed by atoms with Gasteiger partial charge in [-0.05, 0) is 31.0 Å². The van der Waals surface area contributed by atoms with Crippen LogP contribution in [0.2, 0.25) is 0 Å². The van der Waals surface area contributed by atoms with Crippen molar-refractivity contribution in [2.75, 3.05) is 30.3 Å². The van der Waals surface area contributed by atoms with Crippen LogP contribution in [0.4, 0.5) is 5.69 Å². The number of benzene rings is 1. The number of anilines is 1. The number of nitrogens with two attached hydrogens (primary N) is 1. The second kappa shape index (κ2) is 4.45. The van der Waals surface area contributed by atoms with Crippen molar-refractivity contribution in [2.24, 2.45) is 5.73 Å². The molecule has 0 unspecified atom stereocenters. The van der Waals surface area contributed by atoms with E-state index in [1.807, 2.05) is 11.8 Å². The predicted molar refractivity (Wildman–Crippen MR) is 67.9 cm³/mol. The van der Waals surface area contributed by atoms with Gasteiger partial charge in [-0.1, -0.05) is 6.07 Å². The third-order valence-electron chi connectivity index (χ3n) is 2.74. The fraction of sp³-hybridized carbons (Fsp3) is 0.500. The van der Waals surface area contributed by atoms with Gasteiger partial charge < -0.3 is 10.6 Å². The molecule has 0 fully saturated rings. The Balaban J connectivity index is 2.41. The number of rotatable bonds is 2. The van der Waals surface area contributed by atoms with Gasteiger partial charge >= 0.3 is 0 Å². The van der Waals surface area contributed by atoms with E-state index in [4.69, 9.17) is 5.73 Å². The first kappa shape index (κ1) is 10.8. The van der Waals surface area contributed by atoms with Gasteiger partial charge in [-0.3, -0.25) is 0 Å². The average molecular weight is 222 g/mol. The van der Waals surface area contributed by atoms with Gasteiger partial charge in [0.1, 0.15) is 0 Å². The van der Waals surface area contributed by atoms with E-state index >= 15 is 0 Å². The number of aryl methyl sites for hydroxylation is 2. The Kier molecular flexibility index (Phi) is 3.22. The van der Waals surface area contributed by atoms with Crippen molar-refractivity contribution >= 4 is 17.4 Å².